The normalized spacial score (nSPS) is 13.8. The number of carbonyl (C=O) groups is 1. The minimum Gasteiger partial charge on any atom is -0.347 e. The van der Waals surface area contributed by atoms with Gasteiger partial charge in [0, 0.05) is 5.56 Å². The Balaban J connectivity index is 2.14. The molecule has 1 N–H and O–H groups in total. The van der Waals surface area contributed by atoms with Crippen LogP contribution in [0.1, 0.15) is 5.82 Å². The Morgan fingerprint density at radius 2 is 2.05 bits per heavy atom. The molecule has 3 rings (SSSR count). The van der Waals surface area contributed by atoms with Crippen LogP contribution < -0.4 is 5.32 Å². The first-order valence-corrected chi connectivity index (χ1v) is 5.64. The van der Waals surface area contributed by atoms with Gasteiger partial charge in [0.1, 0.15) is 23.9 Å². The Kier molecular flexibility index (Phi) is 2.59. The maximum atomic E-state index is 12.9. The van der Waals surface area contributed by atoms with Crippen molar-refractivity contribution in [1.82, 2.24) is 14.9 Å². The van der Waals surface area contributed by atoms with Crippen molar-refractivity contribution in [3.63, 3.8) is 0 Å². The Hall–Kier alpha value is -2.57. The highest BCUT2D eigenvalue weighted by molar-refractivity contribution is 5.79. The van der Waals surface area contributed by atoms with E-state index in [-0.39, 0.29) is 30.6 Å². The van der Waals surface area contributed by atoms with Gasteiger partial charge in [-0.15, -0.1) is 4.91 Å². The lowest BCUT2D eigenvalue weighted by molar-refractivity contribution is -0.122. The minimum atomic E-state index is -0.370. The molecule has 0 bridgehead atoms. The average Bonchev–Trinajstić information content (AvgIpc) is 2.77. The number of hydrogen-bond donors (Lipinski definition) is 1. The number of nitroso groups, excluding NO2 is 1. The lowest BCUT2D eigenvalue weighted by Gasteiger charge is -2.14. The molecular weight excluding hydrogens is 251 g/mol. The van der Waals surface area contributed by atoms with E-state index in [2.05, 4.69) is 15.5 Å². The second-order valence-corrected chi connectivity index (χ2v) is 4.16. The highest BCUT2D eigenvalue weighted by Gasteiger charge is 2.24. The standard InChI is InChI=1S/C12H9FN4O2/c13-8-3-1-7(2-4-8)11-12(16-19)17-6-10(18)14-5-9(17)15-11/h1-4H,5-6H2,(H,14,18). The fourth-order valence-corrected chi connectivity index (χ4v) is 2.06. The maximum Gasteiger partial charge on any atom is 0.240 e. The van der Waals surface area contributed by atoms with Crippen molar-refractivity contribution >= 4 is 11.7 Å². The molecule has 19 heavy (non-hydrogen) atoms. The van der Waals surface area contributed by atoms with Gasteiger partial charge in [-0.25, -0.2) is 9.37 Å². The molecule has 0 fully saturated rings. The third-order valence-electron chi connectivity index (χ3n) is 2.97. The van der Waals surface area contributed by atoms with Crippen LogP contribution in [0.25, 0.3) is 11.3 Å². The van der Waals surface area contributed by atoms with Gasteiger partial charge < -0.3 is 5.32 Å². The average molecular weight is 260 g/mol. The molecule has 1 aliphatic rings. The predicted octanol–water partition coefficient (Wildman–Crippen LogP) is 1.72. The molecule has 0 saturated carbocycles. The lowest BCUT2D eigenvalue weighted by Crippen LogP contribution is -2.34. The maximum absolute atomic E-state index is 12.9. The molecule has 1 amide bonds. The van der Waals surface area contributed by atoms with Crippen LogP contribution in [0.5, 0.6) is 0 Å². The van der Waals surface area contributed by atoms with Gasteiger partial charge in [-0.1, -0.05) is 0 Å². The molecule has 0 atom stereocenters. The summed E-state index contributed by atoms with van der Waals surface area (Å²) in [5.41, 5.74) is 0.951. The fraction of sp³-hybridized carbons (Fsp3) is 0.167. The second kappa shape index (κ2) is 4.27. The number of amides is 1. The van der Waals surface area contributed by atoms with E-state index in [0.29, 0.717) is 17.1 Å². The summed E-state index contributed by atoms with van der Waals surface area (Å²) in [5, 5.41) is 5.59. The van der Waals surface area contributed by atoms with Crippen LogP contribution in [0.2, 0.25) is 0 Å². The summed E-state index contributed by atoms with van der Waals surface area (Å²) in [7, 11) is 0. The monoisotopic (exact) mass is 260 g/mol. The van der Waals surface area contributed by atoms with Crippen LogP contribution in [-0.2, 0) is 17.9 Å². The number of aromatic nitrogens is 2. The number of rotatable bonds is 2. The van der Waals surface area contributed by atoms with Crippen molar-refractivity contribution in [2.24, 2.45) is 5.18 Å². The Bertz CT molecular complexity index is 663. The van der Waals surface area contributed by atoms with Crippen molar-refractivity contribution < 1.29 is 9.18 Å². The number of fused-ring (bicyclic) bond motifs is 1. The van der Waals surface area contributed by atoms with Gasteiger partial charge in [-0.3, -0.25) is 9.36 Å². The number of imidazole rings is 1. The minimum absolute atomic E-state index is 0.0185. The quantitative estimate of drug-likeness (QED) is 0.835. The van der Waals surface area contributed by atoms with E-state index < -0.39 is 0 Å². The molecule has 1 aliphatic heterocycles. The fourth-order valence-electron chi connectivity index (χ4n) is 2.06. The van der Waals surface area contributed by atoms with Crippen molar-refractivity contribution in [2.75, 3.05) is 0 Å². The summed E-state index contributed by atoms with van der Waals surface area (Å²) in [6.07, 6.45) is 0. The van der Waals surface area contributed by atoms with Gasteiger partial charge in [0.15, 0.2) is 0 Å². The molecule has 96 valence electrons. The molecule has 1 aromatic carbocycles. The first-order valence-electron chi connectivity index (χ1n) is 5.64. The Labute approximate surface area is 107 Å². The molecule has 2 heterocycles. The van der Waals surface area contributed by atoms with Gasteiger partial charge in [-0.05, 0) is 29.4 Å². The highest BCUT2D eigenvalue weighted by atomic mass is 19.1. The van der Waals surface area contributed by atoms with Crippen molar-refractivity contribution in [3.05, 3.63) is 40.8 Å². The number of hydrogen-bond acceptors (Lipinski definition) is 4. The van der Waals surface area contributed by atoms with E-state index in [4.69, 9.17) is 0 Å². The van der Waals surface area contributed by atoms with Crippen LogP contribution >= 0.6 is 0 Å². The smallest absolute Gasteiger partial charge is 0.240 e. The van der Waals surface area contributed by atoms with E-state index in [9.17, 15) is 14.1 Å². The van der Waals surface area contributed by atoms with E-state index in [1.807, 2.05) is 0 Å². The zero-order chi connectivity index (χ0) is 13.4. The summed E-state index contributed by atoms with van der Waals surface area (Å²) < 4.78 is 14.4. The van der Waals surface area contributed by atoms with E-state index in [0.717, 1.165) is 0 Å². The lowest BCUT2D eigenvalue weighted by atomic mass is 10.1. The third kappa shape index (κ3) is 1.88. The van der Waals surface area contributed by atoms with Crippen molar-refractivity contribution in [2.45, 2.75) is 13.1 Å². The Morgan fingerprint density at radius 1 is 1.32 bits per heavy atom. The number of halogens is 1. The predicted molar refractivity (Wildman–Crippen MR) is 64.9 cm³/mol. The van der Waals surface area contributed by atoms with Crippen LogP contribution in [0.4, 0.5) is 10.2 Å². The first kappa shape index (κ1) is 11.5. The summed E-state index contributed by atoms with van der Waals surface area (Å²) in [4.78, 5) is 26.6. The molecule has 7 heteroatoms. The van der Waals surface area contributed by atoms with Gasteiger partial charge in [-0.2, -0.15) is 0 Å². The Morgan fingerprint density at radius 3 is 2.74 bits per heavy atom. The number of carbonyl (C=O) groups excluding carboxylic acids is 1. The first-order chi connectivity index (χ1) is 9.19. The molecule has 0 aliphatic carbocycles. The molecule has 0 unspecified atom stereocenters. The van der Waals surface area contributed by atoms with E-state index >= 15 is 0 Å². The van der Waals surface area contributed by atoms with E-state index in [1.54, 1.807) is 0 Å². The van der Waals surface area contributed by atoms with Gasteiger partial charge in [0.25, 0.3) is 0 Å². The second-order valence-electron chi connectivity index (χ2n) is 4.16. The van der Waals surface area contributed by atoms with Crippen molar-refractivity contribution in [3.8, 4) is 11.3 Å². The molecule has 0 spiro atoms. The molecular formula is C12H9FN4O2. The topological polar surface area (TPSA) is 76.3 Å². The molecule has 2 aromatic rings. The summed E-state index contributed by atoms with van der Waals surface area (Å²) in [6, 6.07) is 5.61. The van der Waals surface area contributed by atoms with Gasteiger partial charge in [0.2, 0.25) is 11.7 Å². The largest absolute Gasteiger partial charge is 0.347 e. The van der Waals surface area contributed by atoms with Crippen LogP contribution in [0.3, 0.4) is 0 Å². The number of nitrogens with one attached hydrogen (secondary N) is 1. The summed E-state index contributed by atoms with van der Waals surface area (Å²) >= 11 is 0. The van der Waals surface area contributed by atoms with Gasteiger partial charge >= 0.3 is 0 Å². The zero-order valence-electron chi connectivity index (χ0n) is 9.76. The SMILES string of the molecule is O=Nc1c(-c2ccc(F)cc2)nc2n1CC(=O)NC2. The molecule has 1 aromatic heterocycles. The highest BCUT2D eigenvalue weighted by Crippen LogP contribution is 2.31. The van der Waals surface area contributed by atoms with Crippen molar-refractivity contribution in [1.29, 1.82) is 0 Å². The van der Waals surface area contributed by atoms with Crippen LogP contribution in [0, 0.1) is 10.7 Å². The van der Waals surface area contributed by atoms with E-state index in [1.165, 1.54) is 28.8 Å². The molecule has 0 radical (unpaired) electrons. The van der Waals surface area contributed by atoms with Crippen LogP contribution in [0.15, 0.2) is 29.4 Å². The number of benzene rings is 1. The summed E-state index contributed by atoms with van der Waals surface area (Å²) in [6.45, 7) is 0.271. The van der Waals surface area contributed by atoms with Gasteiger partial charge in [0.05, 0.1) is 6.54 Å². The summed E-state index contributed by atoms with van der Waals surface area (Å²) in [5.74, 6) is 0.0932. The number of nitrogens with zero attached hydrogens (tertiary/aromatic N) is 3. The molecule has 0 saturated heterocycles. The third-order valence-corrected chi connectivity index (χ3v) is 2.97. The zero-order valence-corrected chi connectivity index (χ0v) is 9.76. The van der Waals surface area contributed by atoms with Crippen LogP contribution in [-0.4, -0.2) is 15.5 Å². The molecule has 6 nitrogen and oxygen atoms in total.